The fourth-order valence-electron chi connectivity index (χ4n) is 3.11. The molecule has 2 N–H and O–H groups in total. The number of halogens is 1. The molecule has 0 saturated carbocycles. The molecule has 7 nitrogen and oxygen atoms in total. The van der Waals surface area contributed by atoms with Gasteiger partial charge in [-0.2, -0.15) is 5.10 Å². The van der Waals surface area contributed by atoms with Crippen molar-refractivity contribution in [2.75, 3.05) is 5.32 Å². The number of hydrogen-bond donors (Lipinski definition) is 2. The first-order chi connectivity index (χ1) is 15.3. The molecule has 8 heteroatoms. The molecule has 0 spiro atoms. The van der Waals surface area contributed by atoms with Crippen molar-refractivity contribution < 1.29 is 14.3 Å². The minimum Gasteiger partial charge on any atom is -0.444 e. The van der Waals surface area contributed by atoms with Crippen LogP contribution in [0.15, 0.2) is 60.8 Å². The highest BCUT2D eigenvalue weighted by Gasteiger charge is 2.16. The highest BCUT2D eigenvalue weighted by molar-refractivity contribution is 6.30. The molecule has 1 unspecified atom stereocenters. The lowest BCUT2D eigenvalue weighted by atomic mass is 10.1. The zero-order chi connectivity index (χ0) is 23.1. The summed E-state index contributed by atoms with van der Waals surface area (Å²) in [6.07, 6.45) is 1.08. The van der Waals surface area contributed by atoms with Crippen LogP contribution in [0.3, 0.4) is 0 Å². The van der Waals surface area contributed by atoms with Crippen LogP contribution in [0.1, 0.15) is 48.4 Å². The SMILES string of the molecule is CC(C)Cn1nccc1C(=O)NC(C)c1ccc(NC(=O)OCc2ccc(Cl)cc2)cc1. The Kier molecular flexibility index (Phi) is 7.89. The summed E-state index contributed by atoms with van der Waals surface area (Å²) in [7, 11) is 0. The molecule has 2 aromatic carbocycles. The average molecular weight is 455 g/mol. The van der Waals surface area contributed by atoms with Gasteiger partial charge in [-0.05, 0) is 54.3 Å². The number of ether oxygens (including phenoxy) is 1. The van der Waals surface area contributed by atoms with Gasteiger partial charge in [0.25, 0.3) is 5.91 Å². The molecule has 0 aliphatic heterocycles. The number of amides is 2. The summed E-state index contributed by atoms with van der Waals surface area (Å²) in [6, 6.07) is 15.8. The zero-order valence-corrected chi connectivity index (χ0v) is 19.1. The Hall–Kier alpha value is -3.32. The molecule has 3 aromatic rings. The van der Waals surface area contributed by atoms with Crippen LogP contribution in [0.2, 0.25) is 5.02 Å². The summed E-state index contributed by atoms with van der Waals surface area (Å²) in [5.74, 6) is 0.209. The van der Waals surface area contributed by atoms with Crippen molar-refractivity contribution in [3.05, 3.63) is 82.6 Å². The van der Waals surface area contributed by atoms with E-state index in [4.69, 9.17) is 16.3 Å². The van der Waals surface area contributed by atoms with Crippen molar-refractivity contribution in [3.8, 4) is 0 Å². The monoisotopic (exact) mass is 454 g/mol. The van der Waals surface area contributed by atoms with Gasteiger partial charge in [0.1, 0.15) is 12.3 Å². The lowest BCUT2D eigenvalue weighted by molar-refractivity contribution is 0.0928. The lowest BCUT2D eigenvalue weighted by Crippen LogP contribution is -2.29. The maximum Gasteiger partial charge on any atom is 0.411 e. The molecular formula is C24H27ClN4O3. The van der Waals surface area contributed by atoms with E-state index in [0.29, 0.717) is 28.9 Å². The second-order valence-electron chi connectivity index (χ2n) is 7.94. The first kappa shape index (κ1) is 23.3. The Balaban J connectivity index is 1.52. The molecule has 1 heterocycles. The summed E-state index contributed by atoms with van der Waals surface area (Å²) in [4.78, 5) is 24.7. The van der Waals surface area contributed by atoms with Crippen LogP contribution in [0, 0.1) is 5.92 Å². The highest BCUT2D eigenvalue weighted by Crippen LogP contribution is 2.18. The predicted octanol–water partition coefficient (Wildman–Crippen LogP) is 5.43. The largest absolute Gasteiger partial charge is 0.444 e. The van der Waals surface area contributed by atoms with E-state index < -0.39 is 6.09 Å². The van der Waals surface area contributed by atoms with Gasteiger partial charge in [-0.1, -0.05) is 49.7 Å². The Morgan fingerprint density at radius 2 is 1.72 bits per heavy atom. The second kappa shape index (κ2) is 10.8. The first-order valence-electron chi connectivity index (χ1n) is 10.4. The number of anilines is 1. The van der Waals surface area contributed by atoms with E-state index in [1.54, 1.807) is 53.3 Å². The van der Waals surface area contributed by atoms with Crippen LogP contribution in [0.25, 0.3) is 0 Å². The topological polar surface area (TPSA) is 85.3 Å². The zero-order valence-electron chi connectivity index (χ0n) is 18.3. The first-order valence-corrected chi connectivity index (χ1v) is 10.8. The molecule has 0 fully saturated rings. The normalized spacial score (nSPS) is 11.8. The number of rotatable bonds is 8. The number of benzene rings is 2. The number of hydrogen-bond acceptors (Lipinski definition) is 4. The van der Waals surface area contributed by atoms with Crippen LogP contribution in [-0.2, 0) is 17.9 Å². The Bertz CT molecular complexity index is 1050. The van der Waals surface area contributed by atoms with Crippen LogP contribution in [-0.4, -0.2) is 21.8 Å². The molecule has 1 atom stereocenters. The minimum absolute atomic E-state index is 0.150. The maximum absolute atomic E-state index is 12.7. The fraction of sp³-hybridized carbons (Fsp3) is 0.292. The molecular weight excluding hydrogens is 428 g/mol. The Labute approximate surface area is 192 Å². The third-order valence-corrected chi connectivity index (χ3v) is 5.03. The molecule has 2 amide bonds. The molecule has 0 radical (unpaired) electrons. The highest BCUT2D eigenvalue weighted by atomic mass is 35.5. The van der Waals surface area contributed by atoms with Crippen molar-refractivity contribution in [1.29, 1.82) is 0 Å². The van der Waals surface area contributed by atoms with Gasteiger partial charge in [0.2, 0.25) is 0 Å². The van der Waals surface area contributed by atoms with Crippen molar-refractivity contribution in [2.45, 2.75) is 40.0 Å². The van der Waals surface area contributed by atoms with Crippen molar-refractivity contribution >= 4 is 29.3 Å². The average Bonchev–Trinajstić information content (AvgIpc) is 3.21. The summed E-state index contributed by atoms with van der Waals surface area (Å²) in [6.45, 7) is 6.89. The van der Waals surface area contributed by atoms with E-state index in [1.807, 2.05) is 19.1 Å². The minimum atomic E-state index is -0.549. The van der Waals surface area contributed by atoms with E-state index in [1.165, 1.54) is 0 Å². The summed E-state index contributed by atoms with van der Waals surface area (Å²) >= 11 is 5.85. The second-order valence-corrected chi connectivity index (χ2v) is 8.37. The summed E-state index contributed by atoms with van der Waals surface area (Å²) in [5.41, 5.74) is 2.89. The van der Waals surface area contributed by atoms with Crippen molar-refractivity contribution in [2.24, 2.45) is 5.92 Å². The summed E-state index contributed by atoms with van der Waals surface area (Å²) in [5, 5.41) is 10.5. The smallest absolute Gasteiger partial charge is 0.411 e. The Morgan fingerprint density at radius 1 is 1.03 bits per heavy atom. The molecule has 1 aromatic heterocycles. The van der Waals surface area contributed by atoms with E-state index in [2.05, 4.69) is 29.6 Å². The number of carbonyl (C=O) groups excluding carboxylic acids is 2. The molecule has 0 aliphatic carbocycles. The number of carbonyl (C=O) groups is 2. The molecule has 32 heavy (non-hydrogen) atoms. The van der Waals surface area contributed by atoms with Gasteiger partial charge in [0.15, 0.2) is 0 Å². The predicted molar refractivity (Wildman–Crippen MR) is 125 cm³/mol. The molecule has 0 bridgehead atoms. The van der Waals surface area contributed by atoms with E-state index >= 15 is 0 Å². The third kappa shape index (κ3) is 6.59. The van der Waals surface area contributed by atoms with Gasteiger partial charge in [-0.3, -0.25) is 14.8 Å². The number of nitrogens with one attached hydrogen (secondary N) is 2. The van der Waals surface area contributed by atoms with Gasteiger partial charge >= 0.3 is 6.09 Å². The van der Waals surface area contributed by atoms with Crippen molar-refractivity contribution in [3.63, 3.8) is 0 Å². The van der Waals surface area contributed by atoms with E-state index in [0.717, 1.165) is 11.1 Å². The lowest BCUT2D eigenvalue weighted by Gasteiger charge is -2.16. The van der Waals surface area contributed by atoms with E-state index in [-0.39, 0.29) is 18.6 Å². The van der Waals surface area contributed by atoms with Gasteiger partial charge in [-0.15, -0.1) is 0 Å². The fourth-order valence-corrected chi connectivity index (χ4v) is 3.24. The molecule has 3 rings (SSSR count). The maximum atomic E-state index is 12.7. The van der Waals surface area contributed by atoms with Gasteiger partial charge in [0, 0.05) is 23.5 Å². The van der Waals surface area contributed by atoms with Crippen LogP contribution in [0.4, 0.5) is 10.5 Å². The Morgan fingerprint density at radius 3 is 2.38 bits per heavy atom. The van der Waals surface area contributed by atoms with Gasteiger partial charge in [0.05, 0.1) is 6.04 Å². The number of nitrogens with zero attached hydrogens (tertiary/aromatic N) is 2. The van der Waals surface area contributed by atoms with Gasteiger partial charge < -0.3 is 10.1 Å². The third-order valence-electron chi connectivity index (χ3n) is 4.78. The molecule has 0 saturated heterocycles. The standard InChI is InChI=1S/C24H27ClN4O3/c1-16(2)14-29-22(12-13-26-29)23(30)27-17(3)19-6-10-21(11-7-19)28-24(31)32-15-18-4-8-20(25)9-5-18/h4-13,16-17H,14-15H2,1-3H3,(H,27,30)(H,28,31). The molecule has 168 valence electrons. The number of aromatic nitrogens is 2. The summed E-state index contributed by atoms with van der Waals surface area (Å²) < 4.78 is 6.94. The van der Waals surface area contributed by atoms with Gasteiger partial charge in [-0.25, -0.2) is 4.79 Å². The van der Waals surface area contributed by atoms with Crippen LogP contribution in [0.5, 0.6) is 0 Å². The van der Waals surface area contributed by atoms with E-state index in [9.17, 15) is 9.59 Å². The quantitative estimate of drug-likeness (QED) is 0.475. The molecule has 0 aliphatic rings. The van der Waals surface area contributed by atoms with Crippen LogP contribution < -0.4 is 10.6 Å². The van der Waals surface area contributed by atoms with Crippen molar-refractivity contribution in [1.82, 2.24) is 15.1 Å². The van der Waals surface area contributed by atoms with Crippen LogP contribution >= 0.6 is 11.6 Å².